The third-order valence-electron chi connectivity index (χ3n) is 4.00. The van der Waals surface area contributed by atoms with E-state index in [2.05, 4.69) is 10.3 Å². The van der Waals surface area contributed by atoms with Crippen molar-refractivity contribution in [3.05, 3.63) is 40.7 Å². The molecule has 2 aromatic heterocycles. The maximum Gasteiger partial charge on any atom is 0.261 e. The van der Waals surface area contributed by atoms with Crippen molar-refractivity contribution >= 4 is 27.3 Å². The number of aromatic nitrogens is 2. The number of pyridine rings is 1. The summed E-state index contributed by atoms with van der Waals surface area (Å²) in [7, 11) is -2.97. The van der Waals surface area contributed by atoms with Gasteiger partial charge >= 0.3 is 0 Å². The highest BCUT2D eigenvalue weighted by Gasteiger charge is 2.36. The molecule has 156 valence electrons. The number of rotatable bonds is 7. The fraction of sp³-hybridized carbons (Fsp3) is 0.438. The molecule has 1 unspecified atom stereocenters. The lowest BCUT2D eigenvalue weighted by molar-refractivity contribution is -0.00488. The first-order valence-corrected chi connectivity index (χ1v) is 9.92. The third kappa shape index (κ3) is 4.96. The molecule has 0 aliphatic rings. The van der Waals surface area contributed by atoms with Gasteiger partial charge in [-0.3, -0.25) is 0 Å². The van der Waals surface area contributed by atoms with Crippen LogP contribution < -0.4 is 10.0 Å². The third-order valence-corrected chi connectivity index (χ3v) is 6.06. The fourth-order valence-corrected chi connectivity index (χ4v) is 4.45. The number of anilines is 1. The average molecular weight is 441 g/mol. The molecule has 2 heterocycles. The molecule has 0 bridgehead atoms. The Hall–Kier alpha value is -1.82. The highest BCUT2D eigenvalue weighted by molar-refractivity contribution is 7.89. The van der Waals surface area contributed by atoms with E-state index in [1.54, 1.807) is 6.92 Å². The van der Waals surface area contributed by atoms with E-state index >= 15 is 0 Å². The van der Waals surface area contributed by atoms with Crippen LogP contribution in [0.3, 0.4) is 0 Å². The van der Waals surface area contributed by atoms with E-state index in [0.717, 1.165) is 19.2 Å². The molecule has 0 amide bonds. The monoisotopic (exact) mass is 440 g/mol. The number of hydrogen-bond donors (Lipinski definition) is 3. The molecular formula is C16H20ClF3N4O3S. The zero-order valence-corrected chi connectivity index (χ0v) is 17.0. The summed E-state index contributed by atoms with van der Waals surface area (Å²) in [6, 6.07) is 0.827. The molecule has 0 radical (unpaired) electrons. The number of hydrogen-bond acceptors (Lipinski definition) is 5. The minimum Gasteiger partial charge on any atom is -0.368 e. The zero-order valence-electron chi connectivity index (χ0n) is 15.5. The van der Waals surface area contributed by atoms with Crippen molar-refractivity contribution in [3.8, 4) is 0 Å². The maximum absolute atomic E-state index is 13.4. The average Bonchev–Trinajstić information content (AvgIpc) is 2.80. The van der Waals surface area contributed by atoms with Crippen LogP contribution in [-0.2, 0) is 17.1 Å². The summed E-state index contributed by atoms with van der Waals surface area (Å²) in [4.78, 5) is 3.09. The standard InChI is InChI=1S/C16H20ClF3N4O3S/c1-8-5-10(6-12(18)21-8)22-15(25)14-13(17)11(7-24(14)4)28(26,27)23-9(2)16(3,19)20/h5-7,9,15,23,25H,1-4H3,(H,21,22)/t9-,15?/m1/s1. The Balaban J connectivity index is 2.34. The molecule has 7 nitrogen and oxygen atoms in total. The van der Waals surface area contributed by atoms with E-state index in [-0.39, 0.29) is 16.4 Å². The summed E-state index contributed by atoms with van der Waals surface area (Å²) in [6.45, 7) is 3.16. The molecule has 0 fully saturated rings. The van der Waals surface area contributed by atoms with Crippen LogP contribution in [0, 0.1) is 12.9 Å². The summed E-state index contributed by atoms with van der Waals surface area (Å²) >= 11 is 6.12. The van der Waals surface area contributed by atoms with Gasteiger partial charge in [-0.25, -0.2) is 26.9 Å². The number of alkyl halides is 2. The zero-order chi connectivity index (χ0) is 21.4. The summed E-state index contributed by atoms with van der Waals surface area (Å²) in [6.07, 6.45) is -0.420. The van der Waals surface area contributed by atoms with Gasteiger partial charge in [0.1, 0.15) is 4.90 Å². The lowest BCUT2D eigenvalue weighted by Gasteiger charge is -2.20. The Bertz CT molecular complexity index is 956. The first-order chi connectivity index (χ1) is 12.7. The van der Waals surface area contributed by atoms with Crippen molar-refractivity contribution < 1.29 is 26.7 Å². The van der Waals surface area contributed by atoms with E-state index < -0.39 is 39.1 Å². The predicted molar refractivity (Wildman–Crippen MR) is 98.3 cm³/mol. The molecule has 2 atom stereocenters. The quantitative estimate of drug-likeness (QED) is 0.454. The van der Waals surface area contributed by atoms with Gasteiger partial charge in [-0.2, -0.15) is 4.39 Å². The molecule has 2 rings (SSSR count). The Morgan fingerprint density at radius 1 is 1.36 bits per heavy atom. The minimum absolute atomic E-state index is 0.0483. The lowest BCUT2D eigenvalue weighted by atomic mass is 10.2. The van der Waals surface area contributed by atoms with Gasteiger partial charge in [0.05, 0.1) is 16.8 Å². The Morgan fingerprint density at radius 3 is 2.50 bits per heavy atom. The van der Waals surface area contributed by atoms with Gasteiger partial charge in [-0.1, -0.05) is 11.6 Å². The highest BCUT2D eigenvalue weighted by Crippen LogP contribution is 2.32. The lowest BCUT2D eigenvalue weighted by Crippen LogP contribution is -2.43. The SMILES string of the molecule is Cc1cc(NC(O)c2c(Cl)c(S(=O)(=O)N[C@H](C)C(C)(F)F)cn2C)cc(F)n1. The van der Waals surface area contributed by atoms with Crippen molar-refractivity contribution in [2.45, 2.75) is 43.9 Å². The van der Waals surface area contributed by atoms with Crippen molar-refractivity contribution in [2.24, 2.45) is 7.05 Å². The minimum atomic E-state index is -4.39. The topological polar surface area (TPSA) is 96.3 Å². The van der Waals surface area contributed by atoms with Crippen LogP contribution in [0.25, 0.3) is 0 Å². The van der Waals surface area contributed by atoms with Crippen LogP contribution in [-0.4, -0.2) is 35.0 Å². The van der Waals surface area contributed by atoms with Crippen molar-refractivity contribution in [1.82, 2.24) is 14.3 Å². The Labute approximate surface area is 165 Å². The van der Waals surface area contributed by atoms with Crippen molar-refractivity contribution in [3.63, 3.8) is 0 Å². The van der Waals surface area contributed by atoms with Crippen LogP contribution in [0.1, 0.15) is 31.5 Å². The molecule has 0 saturated carbocycles. The number of aryl methyl sites for hydroxylation is 2. The number of nitrogens with zero attached hydrogens (tertiary/aromatic N) is 2. The van der Waals surface area contributed by atoms with Gasteiger partial charge < -0.3 is 15.0 Å². The summed E-state index contributed by atoms with van der Waals surface area (Å²) < 4.78 is 68.0. The van der Waals surface area contributed by atoms with Gasteiger partial charge in [0.25, 0.3) is 5.92 Å². The molecule has 12 heteroatoms. The molecular weight excluding hydrogens is 421 g/mol. The molecule has 0 aromatic carbocycles. The van der Waals surface area contributed by atoms with Gasteiger partial charge in [-0.05, 0) is 19.9 Å². The van der Waals surface area contributed by atoms with Crippen LogP contribution in [0.2, 0.25) is 5.02 Å². The smallest absolute Gasteiger partial charge is 0.261 e. The fourth-order valence-electron chi connectivity index (χ4n) is 2.42. The van der Waals surface area contributed by atoms with Crippen LogP contribution in [0.4, 0.5) is 18.9 Å². The van der Waals surface area contributed by atoms with Gasteiger partial charge in [0, 0.05) is 37.6 Å². The summed E-state index contributed by atoms with van der Waals surface area (Å²) in [5.74, 6) is -4.06. The second kappa shape index (κ2) is 7.90. The number of halogens is 4. The second-order valence-electron chi connectivity index (χ2n) is 6.47. The highest BCUT2D eigenvalue weighted by atomic mass is 35.5. The van der Waals surface area contributed by atoms with Crippen molar-refractivity contribution in [2.75, 3.05) is 5.32 Å². The number of aliphatic hydroxyl groups excluding tert-OH is 1. The number of sulfonamides is 1. The van der Waals surface area contributed by atoms with E-state index in [1.807, 2.05) is 4.72 Å². The van der Waals surface area contributed by atoms with Gasteiger partial charge in [-0.15, -0.1) is 0 Å². The first kappa shape index (κ1) is 22.5. The molecule has 28 heavy (non-hydrogen) atoms. The largest absolute Gasteiger partial charge is 0.368 e. The van der Waals surface area contributed by atoms with Crippen LogP contribution >= 0.6 is 11.6 Å². The molecule has 0 aliphatic heterocycles. The van der Waals surface area contributed by atoms with E-state index in [4.69, 9.17) is 11.6 Å². The maximum atomic E-state index is 13.4. The summed E-state index contributed by atoms with van der Waals surface area (Å²) in [5.41, 5.74) is 0.499. The molecule has 3 N–H and O–H groups in total. The van der Waals surface area contributed by atoms with Crippen molar-refractivity contribution in [1.29, 1.82) is 0 Å². The summed E-state index contributed by atoms with van der Waals surface area (Å²) in [5, 5.41) is 12.6. The molecule has 0 saturated heterocycles. The van der Waals surface area contributed by atoms with E-state index in [9.17, 15) is 26.7 Å². The molecule has 0 spiro atoms. The number of aliphatic hydroxyl groups is 1. The predicted octanol–water partition coefficient (Wildman–Crippen LogP) is 2.95. The Kier molecular flexibility index (Phi) is 6.34. The van der Waals surface area contributed by atoms with E-state index in [0.29, 0.717) is 12.6 Å². The molecule has 2 aromatic rings. The van der Waals surface area contributed by atoms with Crippen LogP contribution in [0.5, 0.6) is 0 Å². The normalized spacial score (nSPS) is 14.8. The second-order valence-corrected chi connectivity index (χ2v) is 8.53. The molecule has 0 aliphatic carbocycles. The van der Waals surface area contributed by atoms with E-state index in [1.165, 1.54) is 17.7 Å². The van der Waals surface area contributed by atoms with Gasteiger partial charge in [0.2, 0.25) is 16.0 Å². The number of nitrogens with one attached hydrogen (secondary N) is 2. The Morgan fingerprint density at radius 2 is 1.96 bits per heavy atom. The first-order valence-electron chi connectivity index (χ1n) is 8.06. The van der Waals surface area contributed by atoms with Crippen LogP contribution in [0.15, 0.2) is 23.2 Å². The van der Waals surface area contributed by atoms with Gasteiger partial charge in [0.15, 0.2) is 6.23 Å².